The summed E-state index contributed by atoms with van der Waals surface area (Å²) < 4.78 is 0. The van der Waals surface area contributed by atoms with Gasteiger partial charge in [0.05, 0.1) is 0 Å². The van der Waals surface area contributed by atoms with Crippen molar-refractivity contribution in [2.45, 2.75) is 13.3 Å². The summed E-state index contributed by atoms with van der Waals surface area (Å²) in [6.45, 7) is 6.12. The van der Waals surface area contributed by atoms with Gasteiger partial charge in [0.25, 0.3) is 0 Å². The van der Waals surface area contributed by atoms with Gasteiger partial charge in [0, 0.05) is 62.9 Å². The number of hydrogen-bond acceptors (Lipinski definition) is 9. The Morgan fingerprint density at radius 1 is 0.743 bits per heavy atom. The minimum absolute atomic E-state index is 0.531. The first-order chi connectivity index (χ1) is 17.3. The Morgan fingerprint density at radius 3 is 2.20 bits per heavy atom. The lowest BCUT2D eigenvalue weighted by molar-refractivity contribution is 0.626. The Labute approximate surface area is 205 Å². The van der Waals surface area contributed by atoms with Crippen molar-refractivity contribution < 1.29 is 0 Å². The van der Waals surface area contributed by atoms with Crippen LogP contribution in [0.5, 0.6) is 0 Å². The predicted octanol–water partition coefficient (Wildman–Crippen LogP) is 3.75. The molecule has 2 N–H and O–H groups in total. The highest BCUT2D eigenvalue weighted by molar-refractivity contribution is 5.61. The lowest BCUT2D eigenvalue weighted by Gasteiger charge is -2.34. The van der Waals surface area contributed by atoms with Gasteiger partial charge in [0.2, 0.25) is 17.8 Å². The van der Waals surface area contributed by atoms with E-state index in [2.05, 4.69) is 76.5 Å². The molecule has 1 aliphatic rings. The summed E-state index contributed by atoms with van der Waals surface area (Å²) in [5.74, 6) is 1.97. The minimum atomic E-state index is 0.531. The maximum Gasteiger partial charge on any atom is 0.231 e. The van der Waals surface area contributed by atoms with Gasteiger partial charge in [-0.2, -0.15) is 4.98 Å². The van der Waals surface area contributed by atoms with Crippen molar-refractivity contribution >= 4 is 29.2 Å². The molecule has 4 aromatic rings. The number of nitrogens with one attached hydrogen (secondary N) is 2. The van der Waals surface area contributed by atoms with Gasteiger partial charge >= 0.3 is 0 Å². The Bertz CT molecular complexity index is 1220. The average Bonchev–Trinajstić information content (AvgIpc) is 2.91. The standard InChI is InChI=1S/C26H29N9/c1-2-27-22-9-6-10-23(16-22)32-24-30-19-31-26(33-24)35-13-11-34(12-14-35)25-28-17-21(18-29-25)15-20-7-4-3-5-8-20/h3-10,16-19,27H,2,11-15H2,1H3,(H,30,31,32,33). The summed E-state index contributed by atoms with van der Waals surface area (Å²) in [6.07, 6.45) is 6.25. The molecule has 0 aliphatic carbocycles. The Hall–Kier alpha value is -4.27. The molecule has 178 valence electrons. The van der Waals surface area contributed by atoms with Crippen molar-refractivity contribution in [1.29, 1.82) is 0 Å². The van der Waals surface area contributed by atoms with E-state index in [1.807, 2.05) is 42.7 Å². The van der Waals surface area contributed by atoms with E-state index in [4.69, 9.17) is 0 Å². The molecular formula is C26H29N9. The maximum atomic E-state index is 4.64. The second kappa shape index (κ2) is 10.8. The van der Waals surface area contributed by atoms with E-state index in [1.165, 1.54) is 5.56 Å². The van der Waals surface area contributed by atoms with Gasteiger partial charge in [-0.15, -0.1) is 0 Å². The molecule has 9 nitrogen and oxygen atoms in total. The normalized spacial score (nSPS) is 13.5. The van der Waals surface area contributed by atoms with E-state index in [0.717, 1.165) is 62.0 Å². The average molecular weight is 468 g/mol. The van der Waals surface area contributed by atoms with Crippen molar-refractivity contribution in [2.24, 2.45) is 0 Å². The molecular weight excluding hydrogens is 438 g/mol. The van der Waals surface area contributed by atoms with E-state index in [1.54, 1.807) is 6.33 Å². The van der Waals surface area contributed by atoms with Crippen molar-refractivity contribution in [3.8, 4) is 0 Å². The molecule has 0 unspecified atom stereocenters. The molecule has 0 saturated carbocycles. The van der Waals surface area contributed by atoms with Gasteiger partial charge in [-0.3, -0.25) is 0 Å². The van der Waals surface area contributed by atoms with Crippen LogP contribution in [0.25, 0.3) is 0 Å². The topological polar surface area (TPSA) is 95.0 Å². The van der Waals surface area contributed by atoms with Crippen molar-refractivity contribution in [3.63, 3.8) is 0 Å². The minimum Gasteiger partial charge on any atom is -0.385 e. The molecule has 9 heteroatoms. The largest absolute Gasteiger partial charge is 0.385 e. The number of benzene rings is 2. The third-order valence-electron chi connectivity index (χ3n) is 5.85. The van der Waals surface area contributed by atoms with Crippen LogP contribution in [0.1, 0.15) is 18.1 Å². The van der Waals surface area contributed by atoms with Gasteiger partial charge in [0.1, 0.15) is 6.33 Å². The SMILES string of the molecule is CCNc1cccc(Nc2ncnc(N3CCN(c4ncc(Cc5ccccc5)cn4)CC3)n2)c1. The Morgan fingerprint density at radius 2 is 1.46 bits per heavy atom. The molecule has 0 amide bonds. The zero-order chi connectivity index (χ0) is 23.9. The zero-order valence-corrected chi connectivity index (χ0v) is 19.8. The molecule has 3 heterocycles. The summed E-state index contributed by atoms with van der Waals surface area (Å²) in [5, 5.41) is 6.59. The molecule has 1 saturated heterocycles. The first-order valence-corrected chi connectivity index (χ1v) is 11.9. The second-order valence-corrected chi connectivity index (χ2v) is 8.37. The quantitative estimate of drug-likeness (QED) is 0.402. The molecule has 1 fully saturated rings. The van der Waals surface area contributed by atoms with Crippen molar-refractivity contribution in [2.75, 3.05) is 53.2 Å². The molecule has 0 bridgehead atoms. The van der Waals surface area contributed by atoms with E-state index in [0.29, 0.717) is 11.9 Å². The first-order valence-electron chi connectivity index (χ1n) is 11.9. The number of nitrogens with zero attached hydrogens (tertiary/aromatic N) is 7. The molecule has 0 atom stereocenters. The number of anilines is 5. The summed E-state index contributed by atoms with van der Waals surface area (Å²) in [5.41, 5.74) is 4.35. The molecule has 2 aromatic carbocycles. The van der Waals surface area contributed by atoms with E-state index in [-0.39, 0.29) is 0 Å². The van der Waals surface area contributed by atoms with Gasteiger partial charge in [0.15, 0.2) is 0 Å². The second-order valence-electron chi connectivity index (χ2n) is 8.37. The zero-order valence-electron chi connectivity index (χ0n) is 19.8. The van der Waals surface area contributed by atoms with Crippen LogP contribution in [0, 0.1) is 0 Å². The number of piperazine rings is 1. The molecule has 0 spiro atoms. The van der Waals surface area contributed by atoms with Crippen molar-refractivity contribution in [1.82, 2.24) is 24.9 Å². The van der Waals surface area contributed by atoms with E-state index in [9.17, 15) is 0 Å². The van der Waals surface area contributed by atoms with Gasteiger partial charge < -0.3 is 20.4 Å². The number of aromatic nitrogens is 5. The van der Waals surface area contributed by atoms with Crippen LogP contribution in [-0.2, 0) is 6.42 Å². The summed E-state index contributed by atoms with van der Waals surface area (Å²) in [4.78, 5) is 26.9. The smallest absolute Gasteiger partial charge is 0.231 e. The fraction of sp³-hybridized carbons (Fsp3) is 0.269. The van der Waals surface area contributed by atoms with Gasteiger partial charge in [-0.25, -0.2) is 19.9 Å². The molecule has 35 heavy (non-hydrogen) atoms. The highest BCUT2D eigenvalue weighted by atomic mass is 15.4. The molecule has 5 rings (SSSR count). The van der Waals surface area contributed by atoms with Crippen LogP contribution in [-0.4, -0.2) is 57.6 Å². The lowest BCUT2D eigenvalue weighted by atomic mass is 10.1. The monoisotopic (exact) mass is 467 g/mol. The summed E-state index contributed by atoms with van der Waals surface area (Å²) in [6, 6.07) is 18.4. The van der Waals surface area contributed by atoms with Crippen LogP contribution in [0.15, 0.2) is 73.3 Å². The molecule has 2 aromatic heterocycles. The summed E-state index contributed by atoms with van der Waals surface area (Å²) >= 11 is 0. The predicted molar refractivity (Wildman–Crippen MR) is 139 cm³/mol. The maximum absolute atomic E-state index is 4.64. The van der Waals surface area contributed by atoms with Crippen LogP contribution < -0.4 is 20.4 Å². The van der Waals surface area contributed by atoms with Gasteiger partial charge in [-0.1, -0.05) is 36.4 Å². The summed E-state index contributed by atoms with van der Waals surface area (Å²) in [7, 11) is 0. The van der Waals surface area contributed by atoms with E-state index >= 15 is 0 Å². The fourth-order valence-electron chi connectivity index (χ4n) is 4.08. The highest BCUT2D eigenvalue weighted by Crippen LogP contribution is 2.20. The molecule has 0 radical (unpaired) electrons. The van der Waals surface area contributed by atoms with Gasteiger partial charge in [-0.05, 0) is 36.2 Å². The highest BCUT2D eigenvalue weighted by Gasteiger charge is 2.21. The third-order valence-corrected chi connectivity index (χ3v) is 5.85. The van der Waals surface area contributed by atoms with Crippen LogP contribution >= 0.6 is 0 Å². The van der Waals surface area contributed by atoms with Crippen LogP contribution in [0.3, 0.4) is 0 Å². The van der Waals surface area contributed by atoms with E-state index < -0.39 is 0 Å². The Balaban J connectivity index is 1.18. The number of rotatable bonds is 8. The fourth-order valence-corrected chi connectivity index (χ4v) is 4.08. The third kappa shape index (κ3) is 5.81. The van der Waals surface area contributed by atoms with Crippen LogP contribution in [0.4, 0.5) is 29.2 Å². The van der Waals surface area contributed by atoms with Crippen LogP contribution in [0.2, 0.25) is 0 Å². The Kier molecular flexibility index (Phi) is 6.93. The number of hydrogen-bond donors (Lipinski definition) is 2. The molecule has 1 aliphatic heterocycles. The van der Waals surface area contributed by atoms with Crippen molar-refractivity contribution in [3.05, 3.63) is 84.4 Å². The lowest BCUT2D eigenvalue weighted by Crippen LogP contribution is -2.47. The first kappa shape index (κ1) is 22.5.